The van der Waals surface area contributed by atoms with Gasteiger partial charge < -0.3 is 4.74 Å². The van der Waals surface area contributed by atoms with Crippen LogP contribution in [0.4, 0.5) is 14.9 Å². The molecule has 0 atom stereocenters. The quantitative estimate of drug-likeness (QED) is 0.622. The topological polar surface area (TPSA) is 51.2 Å². The molecule has 0 saturated heterocycles. The van der Waals surface area contributed by atoms with Crippen molar-refractivity contribution < 1.29 is 13.9 Å². The standard InChI is InChI=1S/C23H23FN2O2/c1-23(2,3)28-22(27)26-21-9-8-19(15-20(21)24)18-6-4-16(5-7-18)14-17-10-12-25-13-11-17/h4-13,15H,14H2,1-3H3,(H,26,27). The summed E-state index contributed by atoms with van der Waals surface area (Å²) in [6.07, 6.45) is 3.69. The third-order valence-electron chi connectivity index (χ3n) is 4.05. The molecule has 5 heteroatoms. The van der Waals surface area contributed by atoms with Gasteiger partial charge in [0, 0.05) is 12.4 Å². The van der Waals surface area contributed by atoms with Crippen molar-refractivity contribution in [1.29, 1.82) is 0 Å². The van der Waals surface area contributed by atoms with Crippen molar-refractivity contribution >= 4 is 11.8 Å². The second kappa shape index (κ2) is 8.21. The minimum Gasteiger partial charge on any atom is -0.444 e. The van der Waals surface area contributed by atoms with Crippen LogP contribution < -0.4 is 5.32 Å². The maximum absolute atomic E-state index is 14.4. The van der Waals surface area contributed by atoms with Crippen molar-refractivity contribution in [2.24, 2.45) is 0 Å². The first-order valence-electron chi connectivity index (χ1n) is 9.08. The lowest BCUT2D eigenvalue weighted by atomic mass is 10.0. The Hall–Kier alpha value is -3.21. The van der Waals surface area contributed by atoms with Gasteiger partial charge in [-0.05, 0) is 73.7 Å². The monoisotopic (exact) mass is 378 g/mol. The number of carbonyl (C=O) groups is 1. The van der Waals surface area contributed by atoms with E-state index >= 15 is 0 Å². The zero-order valence-electron chi connectivity index (χ0n) is 16.2. The molecule has 144 valence electrons. The summed E-state index contributed by atoms with van der Waals surface area (Å²) in [5, 5.41) is 2.44. The predicted octanol–water partition coefficient (Wildman–Crippen LogP) is 5.83. The van der Waals surface area contributed by atoms with Crippen LogP contribution >= 0.6 is 0 Å². The van der Waals surface area contributed by atoms with E-state index in [1.807, 2.05) is 36.4 Å². The molecule has 1 N–H and O–H groups in total. The van der Waals surface area contributed by atoms with E-state index < -0.39 is 17.5 Å². The Morgan fingerprint density at radius 1 is 0.964 bits per heavy atom. The van der Waals surface area contributed by atoms with Gasteiger partial charge in [0.05, 0.1) is 5.69 Å². The minimum absolute atomic E-state index is 0.0901. The molecule has 0 saturated carbocycles. The van der Waals surface area contributed by atoms with Crippen LogP contribution in [0.15, 0.2) is 67.0 Å². The van der Waals surface area contributed by atoms with E-state index in [2.05, 4.69) is 10.3 Å². The normalized spacial score (nSPS) is 11.1. The number of rotatable bonds is 4. The second-order valence-electron chi connectivity index (χ2n) is 7.55. The van der Waals surface area contributed by atoms with Gasteiger partial charge in [-0.3, -0.25) is 10.3 Å². The first-order chi connectivity index (χ1) is 13.3. The first-order valence-corrected chi connectivity index (χ1v) is 9.08. The molecule has 4 nitrogen and oxygen atoms in total. The van der Waals surface area contributed by atoms with Crippen LogP contribution in [-0.4, -0.2) is 16.7 Å². The smallest absolute Gasteiger partial charge is 0.412 e. The SMILES string of the molecule is CC(C)(C)OC(=O)Nc1ccc(-c2ccc(Cc3ccncc3)cc2)cc1F. The third kappa shape index (κ3) is 5.39. The van der Waals surface area contributed by atoms with Gasteiger partial charge in [-0.1, -0.05) is 30.3 Å². The van der Waals surface area contributed by atoms with E-state index in [0.717, 1.165) is 17.5 Å². The number of halogens is 1. The highest BCUT2D eigenvalue weighted by Gasteiger charge is 2.17. The van der Waals surface area contributed by atoms with Crippen molar-refractivity contribution in [2.75, 3.05) is 5.32 Å². The summed E-state index contributed by atoms with van der Waals surface area (Å²) < 4.78 is 19.6. The highest BCUT2D eigenvalue weighted by Crippen LogP contribution is 2.25. The van der Waals surface area contributed by atoms with Gasteiger partial charge in [-0.2, -0.15) is 0 Å². The largest absolute Gasteiger partial charge is 0.444 e. The fourth-order valence-corrected chi connectivity index (χ4v) is 2.76. The Morgan fingerprint density at radius 2 is 1.57 bits per heavy atom. The van der Waals surface area contributed by atoms with Crippen LogP contribution in [0.25, 0.3) is 11.1 Å². The van der Waals surface area contributed by atoms with Gasteiger partial charge in [0.25, 0.3) is 0 Å². The van der Waals surface area contributed by atoms with Gasteiger partial charge in [0.15, 0.2) is 0 Å². The third-order valence-corrected chi connectivity index (χ3v) is 4.05. The van der Waals surface area contributed by atoms with E-state index in [1.54, 1.807) is 45.3 Å². The Morgan fingerprint density at radius 3 is 2.18 bits per heavy atom. The lowest BCUT2D eigenvalue weighted by molar-refractivity contribution is 0.0635. The van der Waals surface area contributed by atoms with Crippen molar-refractivity contribution in [3.63, 3.8) is 0 Å². The highest BCUT2D eigenvalue weighted by atomic mass is 19.1. The molecular weight excluding hydrogens is 355 g/mol. The van der Waals surface area contributed by atoms with Crippen LogP contribution in [0, 0.1) is 5.82 Å². The molecule has 2 aromatic carbocycles. The molecule has 0 fully saturated rings. The molecule has 0 unspecified atom stereocenters. The second-order valence-corrected chi connectivity index (χ2v) is 7.55. The molecule has 0 spiro atoms. The molecule has 3 rings (SSSR count). The van der Waals surface area contributed by atoms with E-state index in [9.17, 15) is 9.18 Å². The minimum atomic E-state index is -0.681. The van der Waals surface area contributed by atoms with Crippen LogP contribution in [0.1, 0.15) is 31.9 Å². The van der Waals surface area contributed by atoms with Gasteiger partial charge in [0.2, 0.25) is 0 Å². The molecular formula is C23H23FN2O2. The zero-order valence-corrected chi connectivity index (χ0v) is 16.2. The lowest BCUT2D eigenvalue weighted by Crippen LogP contribution is -2.27. The summed E-state index contributed by atoms with van der Waals surface area (Å²) in [6.45, 7) is 5.26. The molecule has 28 heavy (non-hydrogen) atoms. The number of carbonyl (C=O) groups excluding carboxylic acids is 1. The molecule has 0 aliphatic rings. The number of ether oxygens (including phenoxy) is 1. The number of nitrogens with zero attached hydrogens (tertiary/aromatic N) is 1. The number of aromatic nitrogens is 1. The Kier molecular flexibility index (Phi) is 5.73. The number of amides is 1. The average molecular weight is 378 g/mol. The number of anilines is 1. The van der Waals surface area contributed by atoms with Crippen molar-refractivity contribution in [3.8, 4) is 11.1 Å². The average Bonchev–Trinajstić information content (AvgIpc) is 2.63. The molecule has 0 aliphatic carbocycles. The van der Waals surface area contributed by atoms with Gasteiger partial charge >= 0.3 is 6.09 Å². The van der Waals surface area contributed by atoms with E-state index in [4.69, 9.17) is 4.74 Å². The summed E-state index contributed by atoms with van der Waals surface area (Å²) in [7, 11) is 0. The molecule has 0 radical (unpaired) electrons. The van der Waals surface area contributed by atoms with E-state index in [-0.39, 0.29) is 5.69 Å². The van der Waals surface area contributed by atoms with Crippen molar-refractivity contribution in [2.45, 2.75) is 32.8 Å². The maximum Gasteiger partial charge on any atom is 0.412 e. The van der Waals surface area contributed by atoms with Gasteiger partial charge in [-0.15, -0.1) is 0 Å². The number of hydrogen-bond acceptors (Lipinski definition) is 3. The number of pyridine rings is 1. The summed E-state index contributed by atoms with van der Waals surface area (Å²) in [6, 6.07) is 16.7. The predicted molar refractivity (Wildman–Crippen MR) is 109 cm³/mol. The van der Waals surface area contributed by atoms with Crippen molar-refractivity contribution in [3.05, 3.63) is 83.9 Å². The first kappa shape index (κ1) is 19.5. The Bertz CT molecular complexity index is 949. The molecule has 3 aromatic rings. The number of nitrogens with one attached hydrogen (secondary N) is 1. The molecule has 1 amide bonds. The fraction of sp³-hybridized carbons (Fsp3) is 0.217. The van der Waals surface area contributed by atoms with Crippen LogP contribution in [-0.2, 0) is 11.2 Å². The summed E-state index contributed by atoms with van der Waals surface area (Å²) in [5.41, 5.74) is 3.44. The number of benzene rings is 2. The maximum atomic E-state index is 14.4. The molecule has 0 aliphatic heterocycles. The summed E-state index contributed by atoms with van der Waals surface area (Å²) in [5.74, 6) is -0.510. The van der Waals surface area contributed by atoms with Crippen molar-refractivity contribution in [1.82, 2.24) is 4.98 Å². The molecule has 0 bridgehead atoms. The summed E-state index contributed by atoms with van der Waals surface area (Å²) in [4.78, 5) is 15.8. The zero-order chi connectivity index (χ0) is 20.1. The van der Waals surface area contributed by atoms with E-state index in [1.165, 1.54) is 17.2 Å². The summed E-state index contributed by atoms with van der Waals surface area (Å²) >= 11 is 0. The molecule has 1 aromatic heterocycles. The lowest BCUT2D eigenvalue weighted by Gasteiger charge is -2.19. The van der Waals surface area contributed by atoms with Gasteiger partial charge in [-0.25, -0.2) is 9.18 Å². The Balaban J connectivity index is 1.70. The van der Waals surface area contributed by atoms with Crippen LogP contribution in [0.2, 0.25) is 0 Å². The number of hydrogen-bond donors (Lipinski definition) is 1. The Labute approximate surface area is 164 Å². The van der Waals surface area contributed by atoms with Gasteiger partial charge in [0.1, 0.15) is 11.4 Å². The van der Waals surface area contributed by atoms with Crippen LogP contribution in [0.3, 0.4) is 0 Å². The van der Waals surface area contributed by atoms with E-state index in [0.29, 0.717) is 0 Å². The molecule has 1 heterocycles. The van der Waals surface area contributed by atoms with Crippen LogP contribution in [0.5, 0.6) is 0 Å². The highest BCUT2D eigenvalue weighted by molar-refractivity contribution is 5.85. The fourth-order valence-electron chi connectivity index (χ4n) is 2.76.